The first-order valence-corrected chi connectivity index (χ1v) is 11.4. The van der Waals surface area contributed by atoms with Crippen molar-refractivity contribution < 1.29 is 19.1 Å². The van der Waals surface area contributed by atoms with Gasteiger partial charge in [0.05, 0.1) is 13.3 Å². The van der Waals surface area contributed by atoms with Crippen LogP contribution in [0, 0.1) is 0 Å². The first kappa shape index (κ1) is 23.3. The maximum Gasteiger partial charge on any atom is 0.408 e. The lowest BCUT2D eigenvalue weighted by molar-refractivity contribution is -0.143. The van der Waals surface area contributed by atoms with Crippen LogP contribution in [0.25, 0.3) is 0 Å². The molecule has 1 aliphatic rings. The lowest BCUT2D eigenvalue weighted by Gasteiger charge is -2.17. The Morgan fingerprint density at radius 2 is 2.03 bits per heavy atom. The molecule has 4 rings (SSSR count). The summed E-state index contributed by atoms with van der Waals surface area (Å²) < 4.78 is 11.9. The van der Waals surface area contributed by atoms with E-state index in [1.165, 1.54) is 12.7 Å². The van der Waals surface area contributed by atoms with E-state index in [9.17, 15) is 9.59 Å². The van der Waals surface area contributed by atoms with Crippen molar-refractivity contribution >= 4 is 17.9 Å². The number of pyridine rings is 1. The number of hydrogen-bond donors (Lipinski definition) is 2. The van der Waals surface area contributed by atoms with E-state index in [-0.39, 0.29) is 13.0 Å². The molecule has 0 aliphatic carbocycles. The molecule has 1 aromatic carbocycles. The van der Waals surface area contributed by atoms with Gasteiger partial charge in [0.25, 0.3) is 0 Å². The van der Waals surface area contributed by atoms with Crippen molar-refractivity contribution in [1.29, 1.82) is 0 Å². The zero-order chi connectivity index (χ0) is 23.8. The van der Waals surface area contributed by atoms with E-state index in [0.29, 0.717) is 6.54 Å². The van der Waals surface area contributed by atoms with Gasteiger partial charge in [-0.2, -0.15) is 5.10 Å². The number of carbonyl (C=O) groups excluding carboxylic acids is 2. The van der Waals surface area contributed by atoms with Crippen molar-refractivity contribution in [2.75, 3.05) is 19.0 Å². The van der Waals surface area contributed by atoms with Gasteiger partial charge in [0.15, 0.2) is 0 Å². The Kier molecular flexibility index (Phi) is 7.75. The smallest absolute Gasteiger partial charge is 0.408 e. The summed E-state index contributed by atoms with van der Waals surface area (Å²) in [6.45, 7) is 1.73. The van der Waals surface area contributed by atoms with Crippen LogP contribution in [-0.4, -0.2) is 46.5 Å². The molecular weight excluding hydrogens is 434 g/mol. The number of benzene rings is 1. The number of carbonyl (C=O) groups is 2. The number of fused-ring (bicyclic) bond motifs is 1. The van der Waals surface area contributed by atoms with E-state index in [2.05, 4.69) is 27.9 Å². The fourth-order valence-electron chi connectivity index (χ4n) is 3.85. The fraction of sp³-hybridized carbons (Fsp3) is 0.360. The fourth-order valence-corrected chi connectivity index (χ4v) is 3.85. The molecule has 34 heavy (non-hydrogen) atoms. The third kappa shape index (κ3) is 6.34. The minimum absolute atomic E-state index is 0.116. The molecule has 9 heteroatoms. The molecule has 1 atom stereocenters. The van der Waals surface area contributed by atoms with Crippen molar-refractivity contribution in [2.45, 2.75) is 44.9 Å². The predicted octanol–water partition coefficient (Wildman–Crippen LogP) is 2.89. The van der Waals surface area contributed by atoms with Crippen molar-refractivity contribution in [3.8, 4) is 0 Å². The number of aromatic nitrogens is 3. The molecule has 0 spiro atoms. The van der Waals surface area contributed by atoms with Crippen LogP contribution < -0.4 is 10.6 Å². The highest BCUT2D eigenvalue weighted by Crippen LogP contribution is 2.20. The molecular formula is C25H29N5O4. The maximum absolute atomic E-state index is 12.2. The van der Waals surface area contributed by atoms with Crippen LogP contribution >= 0.6 is 0 Å². The molecule has 1 unspecified atom stereocenters. The second kappa shape index (κ2) is 11.3. The highest BCUT2D eigenvalue weighted by atomic mass is 16.6. The Labute approximate surface area is 198 Å². The molecule has 0 bridgehead atoms. The largest absolute Gasteiger partial charge is 0.467 e. The Morgan fingerprint density at radius 1 is 1.18 bits per heavy atom. The molecule has 2 aromatic heterocycles. The quantitative estimate of drug-likeness (QED) is 0.470. The number of rotatable bonds is 9. The van der Waals surface area contributed by atoms with E-state index in [0.717, 1.165) is 48.4 Å². The van der Waals surface area contributed by atoms with Crippen molar-refractivity contribution in [2.24, 2.45) is 0 Å². The highest BCUT2D eigenvalue weighted by Gasteiger charge is 2.23. The van der Waals surface area contributed by atoms with Crippen LogP contribution in [0.4, 0.5) is 10.6 Å². The van der Waals surface area contributed by atoms with E-state index < -0.39 is 18.1 Å². The van der Waals surface area contributed by atoms with Crippen LogP contribution in [0.5, 0.6) is 0 Å². The zero-order valence-electron chi connectivity index (χ0n) is 19.2. The molecule has 1 amide bonds. The van der Waals surface area contributed by atoms with Crippen LogP contribution in [0.3, 0.4) is 0 Å². The summed E-state index contributed by atoms with van der Waals surface area (Å²) in [6, 6.07) is 12.7. The number of amides is 1. The lowest BCUT2D eigenvalue weighted by Crippen LogP contribution is -2.43. The first-order chi connectivity index (χ1) is 16.6. The third-order valence-electron chi connectivity index (χ3n) is 5.67. The number of nitrogens with one attached hydrogen (secondary N) is 2. The van der Waals surface area contributed by atoms with E-state index in [1.54, 1.807) is 6.20 Å². The summed E-state index contributed by atoms with van der Waals surface area (Å²) in [4.78, 5) is 29.2. The van der Waals surface area contributed by atoms with Gasteiger partial charge in [-0.05, 0) is 35.6 Å². The standard InChI is InChI=1S/C25H29N5O4/c1-33-24(31)22(29-25(32)34-17-18-6-3-2-4-7-18)14-19-15-27-30(16-19)13-11-21-10-9-20-8-5-12-26-23(20)28-21/h2-4,6-7,9-10,15-16,22H,5,8,11-14,17H2,1H3,(H,26,28)(H,29,32). The van der Waals surface area contributed by atoms with E-state index >= 15 is 0 Å². The number of nitrogens with zero attached hydrogens (tertiary/aromatic N) is 3. The average molecular weight is 464 g/mol. The Hall–Kier alpha value is -3.88. The van der Waals surface area contributed by atoms with E-state index in [1.807, 2.05) is 41.2 Å². The topological polar surface area (TPSA) is 107 Å². The number of hydrogen-bond acceptors (Lipinski definition) is 7. The molecule has 178 valence electrons. The molecule has 9 nitrogen and oxygen atoms in total. The Balaban J connectivity index is 1.30. The second-order valence-electron chi connectivity index (χ2n) is 8.19. The van der Waals surface area contributed by atoms with Crippen LogP contribution in [-0.2, 0) is 46.7 Å². The number of anilines is 1. The SMILES string of the molecule is COC(=O)C(Cc1cnn(CCc2ccc3c(n2)NCCC3)c1)NC(=O)OCc1ccccc1. The summed E-state index contributed by atoms with van der Waals surface area (Å²) >= 11 is 0. The van der Waals surface area contributed by atoms with Crippen molar-refractivity contribution in [3.05, 3.63) is 77.2 Å². The van der Waals surface area contributed by atoms with Gasteiger partial charge in [-0.1, -0.05) is 36.4 Å². The second-order valence-corrected chi connectivity index (χ2v) is 8.19. The van der Waals surface area contributed by atoms with Crippen LogP contribution in [0.1, 0.15) is 28.8 Å². The molecule has 1 aliphatic heterocycles. The summed E-state index contributed by atoms with van der Waals surface area (Å²) in [5.74, 6) is 0.436. The molecule has 2 N–H and O–H groups in total. The molecule has 3 heterocycles. The number of esters is 1. The van der Waals surface area contributed by atoms with Gasteiger partial charge in [-0.25, -0.2) is 14.6 Å². The average Bonchev–Trinajstić information content (AvgIpc) is 3.33. The molecule has 0 fully saturated rings. The van der Waals surface area contributed by atoms with Gasteiger partial charge < -0.3 is 20.1 Å². The number of aryl methyl sites for hydroxylation is 3. The minimum Gasteiger partial charge on any atom is -0.467 e. The molecule has 0 saturated carbocycles. The summed E-state index contributed by atoms with van der Waals surface area (Å²) in [5.41, 5.74) is 3.93. The third-order valence-corrected chi connectivity index (χ3v) is 5.67. The summed E-state index contributed by atoms with van der Waals surface area (Å²) in [6.07, 6.45) is 6.05. The molecule has 0 saturated heterocycles. The molecule has 0 radical (unpaired) electrons. The van der Waals surface area contributed by atoms with Crippen molar-refractivity contribution in [1.82, 2.24) is 20.1 Å². The Bertz CT molecular complexity index is 1120. The first-order valence-electron chi connectivity index (χ1n) is 11.4. The summed E-state index contributed by atoms with van der Waals surface area (Å²) in [7, 11) is 1.29. The van der Waals surface area contributed by atoms with Gasteiger partial charge in [0.2, 0.25) is 0 Å². The lowest BCUT2D eigenvalue weighted by atomic mass is 10.1. The molecule has 3 aromatic rings. The monoisotopic (exact) mass is 463 g/mol. The maximum atomic E-state index is 12.2. The minimum atomic E-state index is -0.876. The Morgan fingerprint density at radius 3 is 2.85 bits per heavy atom. The predicted molar refractivity (Wildman–Crippen MR) is 126 cm³/mol. The van der Waals surface area contributed by atoms with Crippen LogP contribution in [0.2, 0.25) is 0 Å². The zero-order valence-corrected chi connectivity index (χ0v) is 19.2. The number of methoxy groups -OCH3 is 1. The van der Waals surface area contributed by atoms with Crippen molar-refractivity contribution in [3.63, 3.8) is 0 Å². The normalized spacial score (nSPS) is 13.3. The van der Waals surface area contributed by atoms with Gasteiger partial charge in [-0.3, -0.25) is 4.68 Å². The van der Waals surface area contributed by atoms with Gasteiger partial charge >= 0.3 is 12.1 Å². The number of ether oxygens (including phenoxy) is 2. The van der Waals surface area contributed by atoms with Gasteiger partial charge in [0, 0.05) is 37.8 Å². The van der Waals surface area contributed by atoms with Gasteiger partial charge in [-0.15, -0.1) is 0 Å². The van der Waals surface area contributed by atoms with E-state index in [4.69, 9.17) is 14.5 Å². The van der Waals surface area contributed by atoms with Gasteiger partial charge in [0.1, 0.15) is 18.5 Å². The highest BCUT2D eigenvalue weighted by molar-refractivity contribution is 5.81. The summed E-state index contributed by atoms with van der Waals surface area (Å²) in [5, 5.41) is 10.3. The van der Waals surface area contributed by atoms with Crippen LogP contribution in [0.15, 0.2) is 54.9 Å². The number of alkyl carbamates (subject to hydrolysis) is 1.